The molecular formula is C25H25ClF3N5O. The molecule has 2 fully saturated rings. The average molecular weight is 504 g/mol. The van der Waals surface area contributed by atoms with E-state index in [0.717, 1.165) is 36.4 Å². The molecule has 3 aromatic rings. The molecule has 10 heteroatoms. The normalized spacial score (nSPS) is 19.1. The Morgan fingerprint density at radius 1 is 1.17 bits per heavy atom. The summed E-state index contributed by atoms with van der Waals surface area (Å²) in [7, 11) is 0. The average Bonchev–Trinajstić information content (AvgIpc) is 3.28. The van der Waals surface area contributed by atoms with Gasteiger partial charge in [0, 0.05) is 11.6 Å². The first-order chi connectivity index (χ1) is 16.7. The van der Waals surface area contributed by atoms with Crippen LogP contribution in [-0.2, 0) is 18.3 Å². The molecule has 2 amide bonds. The summed E-state index contributed by atoms with van der Waals surface area (Å²) in [5.41, 5.74) is 0.0470. The molecule has 35 heavy (non-hydrogen) atoms. The predicted octanol–water partition coefficient (Wildman–Crippen LogP) is 5.84. The number of benzene rings is 2. The number of halogens is 4. The number of nitrogens with zero attached hydrogens (tertiary/aromatic N) is 4. The van der Waals surface area contributed by atoms with Gasteiger partial charge in [-0.1, -0.05) is 35.9 Å². The topological polar surface area (TPSA) is 63.1 Å². The van der Waals surface area contributed by atoms with Crippen molar-refractivity contribution in [2.24, 2.45) is 0 Å². The van der Waals surface area contributed by atoms with Crippen molar-refractivity contribution in [3.05, 3.63) is 81.9 Å². The van der Waals surface area contributed by atoms with Crippen molar-refractivity contribution < 1.29 is 18.0 Å². The number of carbonyl (C=O) groups is 1. The summed E-state index contributed by atoms with van der Waals surface area (Å²) in [6.07, 6.45) is -1.68. The number of aryl methyl sites for hydroxylation is 1. The van der Waals surface area contributed by atoms with Gasteiger partial charge in [0.1, 0.15) is 5.82 Å². The number of urea groups is 1. The van der Waals surface area contributed by atoms with Gasteiger partial charge in [0.25, 0.3) is 0 Å². The number of hydrogen-bond acceptors (Lipinski definition) is 3. The van der Waals surface area contributed by atoms with Crippen LogP contribution in [0.3, 0.4) is 0 Å². The molecule has 2 aliphatic rings. The molecule has 184 valence electrons. The van der Waals surface area contributed by atoms with Crippen LogP contribution in [0.15, 0.2) is 48.5 Å². The molecule has 2 aromatic carbocycles. The Labute approximate surface area is 206 Å². The van der Waals surface area contributed by atoms with Gasteiger partial charge in [-0.15, -0.1) is 10.2 Å². The number of amides is 2. The minimum absolute atomic E-state index is 0.263. The van der Waals surface area contributed by atoms with Crippen LogP contribution in [0.5, 0.6) is 0 Å². The number of rotatable bonds is 5. The molecule has 0 spiro atoms. The molecule has 5 rings (SSSR count). The molecule has 1 aliphatic carbocycles. The summed E-state index contributed by atoms with van der Waals surface area (Å²) in [6, 6.07) is 12.2. The first-order valence-electron chi connectivity index (χ1n) is 11.6. The number of likely N-dealkylation sites (tertiary alicyclic amines) is 1. The fourth-order valence-electron chi connectivity index (χ4n) is 4.77. The summed E-state index contributed by atoms with van der Waals surface area (Å²) in [6.45, 7) is 2.96. The fraction of sp³-hybridized carbons (Fsp3) is 0.400. The second-order valence-corrected chi connectivity index (χ2v) is 9.70. The number of hydrogen-bond donors (Lipinski definition) is 1. The fourth-order valence-corrected chi connectivity index (χ4v) is 4.90. The molecule has 1 saturated carbocycles. The highest BCUT2D eigenvalue weighted by Crippen LogP contribution is 2.47. The van der Waals surface area contributed by atoms with Gasteiger partial charge in [0.2, 0.25) is 0 Å². The lowest BCUT2D eigenvalue weighted by Crippen LogP contribution is -2.45. The van der Waals surface area contributed by atoms with Gasteiger partial charge in [-0.25, -0.2) is 4.79 Å². The summed E-state index contributed by atoms with van der Waals surface area (Å²) >= 11 is 6.01. The first kappa shape index (κ1) is 23.7. The zero-order chi connectivity index (χ0) is 24.8. The largest absolute Gasteiger partial charge is 0.416 e. The first-order valence-corrected chi connectivity index (χ1v) is 11.9. The lowest BCUT2D eigenvalue weighted by Gasteiger charge is -2.28. The second kappa shape index (κ2) is 8.86. The maximum Gasteiger partial charge on any atom is 0.416 e. The van der Waals surface area contributed by atoms with Crippen molar-refractivity contribution >= 4 is 17.6 Å². The molecule has 1 aromatic heterocycles. The van der Waals surface area contributed by atoms with E-state index in [1.165, 1.54) is 6.07 Å². The number of nitrogens with one attached hydrogen (secondary N) is 1. The minimum Gasteiger partial charge on any atom is -0.328 e. The van der Waals surface area contributed by atoms with Crippen LogP contribution < -0.4 is 5.32 Å². The van der Waals surface area contributed by atoms with Gasteiger partial charge in [0.15, 0.2) is 5.82 Å². The molecule has 0 bridgehead atoms. The van der Waals surface area contributed by atoms with E-state index in [2.05, 4.69) is 15.5 Å². The highest BCUT2D eigenvalue weighted by Gasteiger charge is 2.48. The second-order valence-electron chi connectivity index (χ2n) is 9.26. The molecule has 0 radical (unpaired) electrons. The molecule has 1 atom stereocenters. The molecule has 1 N–H and O–H groups in total. The SMILES string of the molecule is Cc1nnc([C@H]2CCCN2C(=O)NC2(c3cccc(C(F)(F)F)c3)CC2)n1Cc1ccc(Cl)cc1. The third-order valence-electron chi connectivity index (χ3n) is 6.87. The molecule has 1 saturated heterocycles. The van der Waals surface area contributed by atoms with E-state index in [0.29, 0.717) is 42.3 Å². The Morgan fingerprint density at radius 3 is 2.60 bits per heavy atom. The highest BCUT2D eigenvalue weighted by molar-refractivity contribution is 6.30. The zero-order valence-electron chi connectivity index (χ0n) is 19.1. The van der Waals surface area contributed by atoms with E-state index < -0.39 is 17.3 Å². The van der Waals surface area contributed by atoms with Crippen LogP contribution in [-0.4, -0.2) is 32.2 Å². The van der Waals surface area contributed by atoms with Crippen molar-refractivity contribution in [2.45, 2.75) is 56.9 Å². The van der Waals surface area contributed by atoms with Gasteiger partial charge in [-0.2, -0.15) is 13.2 Å². The molecule has 1 aliphatic heterocycles. The third-order valence-corrected chi connectivity index (χ3v) is 7.12. The summed E-state index contributed by atoms with van der Waals surface area (Å²) in [5, 5.41) is 12.3. The number of carbonyl (C=O) groups excluding carboxylic acids is 1. The maximum absolute atomic E-state index is 13.4. The van der Waals surface area contributed by atoms with Crippen LogP contribution in [0.25, 0.3) is 0 Å². The predicted molar refractivity (Wildman–Crippen MR) is 125 cm³/mol. The van der Waals surface area contributed by atoms with Crippen molar-refractivity contribution in [1.82, 2.24) is 25.0 Å². The van der Waals surface area contributed by atoms with Crippen molar-refractivity contribution in [3.63, 3.8) is 0 Å². The quantitative estimate of drug-likeness (QED) is 0.475. The molecular weight excluding hydrogens is 479 g/mol. The zero-order valence-corrected chi connectivity index (χ0v) is 19.9. The number of aromatic nitrogens is 3. The van der Waals surface area contributed by atoms with Gasteiger partial charge in [-0.3, -0.25) is 0 Å². The maximum atomic E-state index is 13.4. The lowest BCUT2D eigenvalue weighted by molar-refractivity contribution is -0.137. The van der Waals surface area contributed by atoms with Crippen LogP contribution in [0.1, 0.15) is 60.1 Å². The summed E-state index contributed by atoms with van der Waals surface area (Å²) in [5.74, 6) is 1.44. The van der Waals surface area contributed by atoms with E-state index in [1.807, 2.05) is 35.8 Å². The molecule has 0 unspecified atom stereocenters. The lowest BCUT2D eigenvalue weighted by atomic mass is 10.0. The standard InChI is InChI=1S/C25H25ClF3N5O/c1-16-31-32-22(34(16)15-17-7-9-20(26)10-8-17)21-6-3-13-33(21)23(35)30-24(11-12-24)18-4-2-5-19(14-18)25(27,28)29/h2,4-5,7-10,14,21H,3,6,11-13,15H2,1H3,(H,30,35)/t21-/m1/s1. The van der Waals surface area contributed by atoms with E-state index in [9.17, 15) is 18.0 Å². The Kier molecular flexibility index (Phi) is 5.99. The van der Waals surface area contributed by atoms with E-state index >= 15 is 0 Å². The van der Waals surface area contributed by atoms with Crippen LogP contribution in [0.2, 0.25) is 5.02 Å². The van der Waals surface area contributed by atoms with Crippen LogP contribution >= 0.6 is 11.6 Å². The third kappa shape index (κ3) is 4.74. The van der Waals surface area contributed by atoms with Crippen LogP contribution in [0.4, 0.5) is 18.0 Å². The van der Waals surface area contributed by atoms with Gasteiger partial charge >= 0.3 is 12.2 Å². The highest BCUT2D eigenvalue weighted by atomic mass is 35.5. The monoisotopic (exact) mass is 503 g/mol. The van der Waals surface area contributed by atoms with Crippen molar-refractivity contribution in [1.29, 1.82) is 0 Å². The Bertz CT molecular complexity index is 1240. The summed E-state index contributed by atoms with van der Waals surface area (Å²) in [4.78, 5) is 15.1. The Morgan fingerprint density at radius 2 is 1.91 bits per heavy atom. The minimum atomic E-state index is -4.43. The molecule has 6 nitrogen and oxygen atoms in total. The molecule has 2 heterocycles. The number of alkyl halides is 3. The van der Waals surface area contributed by atoms with E-state index in [-0.39, 0.29) is 12.1 Å². The van der Waals surface area contributed by atoms with E-state index in [1.54, 1.807) is 11.0 Å². The smallest absolute Gasteiger partial charge is 0.328 e. The van der Waals surface area contributed by atoms with E-state index in [4.69, 9.17) is 11.6 Å². The van der Waals surface area contributed by atoms with Crippen molar-refractivity contribution in [3.8, 4) is 0 Å². The van der Waals surface area contributed by atoms with Crippen LogP contribution in [0, 0.1) is 6.92 Å². The van der Waals surface area contributed by atoms with Gasteiger partial charge in [0.05, 0.1) is 23.7 Å². The Balaban J connectivity index is 1.36. The summed E-state index contributed by atoms with van der Waals surface area (Å²) < 4.78 is 41.7. The van der Waals surface area contributed by atoms with Crippen molar-refractivity contribution in [2.75, 3.05) is 6.54 Å². The Hall–Kier alpha value is -3.07. The van der Waals surface area contributed by atoms with Gasteiger partial charge in [-0.05, 0) is 68.0 Å². The van der Waals surface area contributed by atoms with Gasteiger partial charge < -0.3 is 14.8 Å².